The number of ether oxygens (including phenoxy) is 1. The number of hydrogen-bond donors (Lipinski definition) is 0. The maximum absolute atomic E-state index is 12.5. The van der Waals surface area contributed by atoms with E-state index in [-0.39, 0.29) is 5.78 Å². The first-order chi connectivity index (χ1) is 10.3. The molecular formula is C18H14O2S. The van der Waals surface area contributed by atoms with Crippen molar-refractivity contribution in [3.63, 3.8) is 0 Å². The average Bonchev–Trinajstić information content (AvgIpc) is 3.13. The van der Waals surface area contributed by atoms with Gasteiger partial charge in [0.15, 0.2) is 5.78 Å². The topological polar surface area (TPSA) is 26.3 Å². The average molecular weight is 294 g/mol. The van der Waals surface area contributed by atoms with Crippen molar-refractivity contribution in [1.29, 1.82) is 0 Å². The monoisotopic (exact) mass is 294 g/mol. The van der Waals surface area contributed by atoms with Crippen LogP contribution in [0.15, 0.2) is 47.8 Å². The van der Waals surface area contributed by atoms with Crippen molar-refractivity contribution in [2.24, 2.45) is 0 Å². The van der Waals surface area contributed by atoms with Gasteiger partial charge < -0.3 is 4.74 Å². The van der Waals surface area contributed by atoms with Gasteiger partial charge in [0.05, 0.1) is 13.2 Å². The van der Waals surface area contributed by atoms with Crippen LogP contribution in [0.25, 0.3) is 10.1 Å². The molecule has 1 aliphatic rings. The van der Waals surface area contributed by atoms with Gasteiger partial charge in [-0.1, -0.05) is 30.3 Å². The summed E-state index contributed by atoms with van der Waals surface area (Å²) in [5, 5.41) is 3.29. The Kier molecular flexibility index (Phi) is 3.09. The zero-order chi connectivity index (χ0) is 14.2. The van der Waals surface area contributed by atoms with Crippen molar-refractivity contribution in [3.05, 3.63) is 70.1 Å². The van der Waals surface area contributed by atoms with E-state index in [1.165, 1.54) is 15.6 Å². The summed E-state index contributed by atoms with van der Waals surface area (Å²) >= 11 is 1.70. The number of Topliss-reactive ketones (excluding diaryl/α,β-unsaturated/α-hetero) is 1. The molecule has 0 bridgehead atoms. The molecule has 0 fully saturated rings. The molecule has 4 rings (SSSR count). The Hall–Kier alpha value is -1.97. The van der Waals surface area contributed by atoms with E-state index in [9.17, 15) is 4.79 Å². The summed E-state index contributed by atoms with van der Waals surface area (Å²) in [6.07, 6.45) is 0.462. The Morgan fingerprint density at radius 2 is 1.95 bits per heavy atom. The zero-order valence-electron chi connectivity index (χ0n) is 11.5. The molecule has 0 saturated carbocycles. The van der Waals surface area contributed by atoms with E-state index in [1.54, 1.807) is 11.3 Å². The molecule has 104 valence electrons. The van der Waals surface area contributed by atoms with E-state index in [4.69, 9.17) is 4.74 Å². The third kappa shape index (κ3) is 2.28. The highest BCUT2D eigenvalue weighted by Gasteiger charge is 2.15. The highest BCUT2D eigenvalue weighted by Crippen LogP contribution is 2.27. The van der Waals surface area contributed by atoms with Gasteiger partial charge in [-0.3, -0.25) is 4.79 Å². The van der Waals surface area contributed by atoms with Crippen LogP contribution in [0.5, 0.6) is 0 Å². The summed E-state index contributed by atoms with van der Waals surface area (Å²) in [5.41, 5.74) is 4.26. The molecule has 0 saturated heterocycles. The lowest BCUT2D eigenvalue weighted by Crippen LogP contribution is -2.04. The number of carbonyl (C=O) groups is 1. The normalized spacial score (nSPS) is 13.5. The van der Waals surface area contributed by atoms with Gasteiger partial charge in [-0.25, -0.2) is 0 Å². The maximum atomic E-state index is 12.5. The zero-order valence-corrected chi connectivity index (χ0v) is 12.3. The second-order valence-electron chi connectivity index (χ2n) is 5.33. The first-order valence-electron chi connectivity index (χ1n) is 6.99. The first-order valence-corrected chi connectivity index (χ1v) is 7.87. The predicted octanol–water partition coefficient (Wildman–Crippen LogP) is 4.36. The number of benzene rings is 2. The molecule has 2 heterocycles. The number of ketones is 1. The number of hydrogen-bond acceptors (Lipinski definition) is 3. The van der Waals surface area contributed by atoms with Crippen LogP contribution in [0.4, 0.5) is 0 Å². The van der Waals surface area contributed by atoms with Gasteiger partial charge in [0, 0.05) is 16.7 Å². The van der Waals surface area contributed by atoms with Crippen molar-refractivity contribution in [2.75, 3.05) is 0 Å². The first kappa shape index (κ1) is 12.7. The lowest BCUT2D eigenvalue weighted by molar-refractivity contribution is 0.0993. The number of fused-ring (bicyclic) bond motifs is 2. The van der Waals surface area contributed by atoms with Gasteiger partial charge in [-0.05, 0) is 39.6 Å². The van der Waals surface area contributed by atoms with Crippen LogP contribution in [0, 0.1) is 0 Å². The van der Waals surface area contributed by atoms with Gasteiger partial charge in [0.25, 0.3) is 0 Å². The molecule has 2 aromatic carbocycles. The SMILES string of the molecule is O=C(Cc1csc2ccccc12)c1ccc2c(c1)COC2. The standard InChI is InChI=1S/C18H14O2S/c19-17(12-5-6-13-9-20-10-14(13)7-12)8-15-11-21-18-4-2-1-3-16(15)18/h1-7,11H,8-10H2. The van der Waals surface area contributed by atoms with E-state index in [0.29, 0.717) is 19.6 Å². The van der Waals surface area contributed by atoms with Gasteiger partial charge in [-0.2, -0.15) is 0 Å². The number of thiophene rings is 1. The largest absolute Gasteiger partial charge is 0.372 e. The second kappa shape index (κ2) is 5.10. The minimum Gasteiger partial charge on any atom is -0.372 e. The lowest BCUT2D eigenvalue weighted by atomic mass is 9.99. The summed E-state index contributed by atoms with van der Waals surface area (Å²) in [5.74, 6) is 0.174. The fourth-order valence-corrected chi connectivity index (χ4v) is 3.75. The molecule has 0 unspecified atom stereocenters. The predicted molar refractivity (Wildman–Crippen MR) is 84.8 cm³/mol. The third-order valence-electron chi connectivity index (χ3n) is 3.96. The summed E-state index contributed by atoms with van der Waals surface area (Å²) < 4.78 is 6.64. The van der Waals surface area contributed by atoms with Crippen LogP contribution >= 0.6 is 11.3 Å². The molecule has 1 aliphatic heterocycles. The van der Waals surface area contributed by atoms with Gasteiger partial charge >= 0.3 is 0 Å². The van der Waals surface area contributed by atoms with Crippen molar-refractivity contribution in [3.8, 4) is 0 Å². The summed E-state index contributed by atoms with van der Waals surface area (Å²) in [6.45, 7) is 1.29. The van der Waals surface area contributed by atoms with E-state index >= 15 is 0 Å². The molecule has 21 heavy (non-hydrogen) atoms. The quantitative estimate of drug-likeness (QED) is 0.671. The number of carbonyl (C=O) groups excluding carboxylic acids is 1. The summed E-state index contributed by atoms with van der Waals surface area (Å²) in [7, 11) is 0. The lowest BCUT2D eigenvalue weighted by Gasteiger charge is -2.03. The van der Waals surface area contributed by atoms with Gasteiger partial charge in [0.2, 0.25) is 0 Å². The van der Waals surface area contributed by atoms with Crippen molar-refractivity contribution in [2.45, 2.75) is 19.6 Å². The smallest absolute Gasteiger partial charge is 0.167 e. The molecule has 0 amide bonds. The van der Waals surface area contributed by atoms with Crippen molar-refractivity contribution >= 4 is 27.2 Å². The Bertz CT molecular complexity index is 832. The van der Waals surface area contributed by atoms with E-state index in [1.807, 2.05) is 30.3 Å². The number of rotatable bonds is 3. The van der Waals surface area contributed by atoms with Crippen LogP contribution in [0.1, 0.15) is 27.0 Å². The molecule has 0 aliphatic carbocycles. The maximum Gasteiger partial charge on any atom is 0.167 e. The van der Waals surface area contributed by atoms with Crippen LogP contribution < -0.4 is 0 Å². The van der Waals surface area contributed by atoms with Crippen LogP contribution in [0.3, 0.4) is 0 Å². The highest BCUT2D eigenvalue weighted by molar-refractivity contribution is 7.17. The minimum absolute atomic E-state index is 0.174. The molecule has 3 aromatic rings. The molecule has 0 N–H and O–H groups in total. The van der Waals surface area contributed by atoms with Gasteiger partial charge in [-0.15, -0.1) is 11.3 Å². The molecule has 0 radical (unpaired) electrons. The summed E-state index contributed by atoms with van der Waals surface area (Å²) in [6, 6.07) is 14.2. The van der Waals surface area contributed by atoms with E-state index < -0.39 is 0 Å². The van der Waals surface area contributed by atoms with Crippen LogP contribution in [-0.4, -0.2) is 5.78 Å². The Labute approximate surface area is 127 Å². The van der Waals surface area contributed by atoms with Crippen molar-refractivity contribution < 1.29 is 9.53 Å². The molecule has 1 aromatic heterocycles. The third-order valence-corrected chi connectivity index (χ3v) is 4.97. The minimum atomic E-state index is 0.174. The fraction of sp³-hybridized carbons (Fsp3) is 0.167. The fourth-order valence-electron chi connectivity index (χ4n) is 2.79. The van der Waals surface area contributed by atoms with E-state index in [0.717, 1.165) is 16.7 Å². The van der Waals surface area contributed by atoms with Gasteiger partial charge in [0.1, 0.15) is 0 Å². The van der Waals surface area contributed by atoms with Crippen molar-refractivity contribution in [1.82, 2.24) is 0 Å². The summed E-state index contributed by atoms with van der Waals surface area (Å²) in [4.78, 5) is 12.5. The molecule has 0 atom stereocenters. The van der Waals surface area contributed by atoms with E-state index in [2.05, 4.69) is 17.5 Å². The Morgan fingerprint density at radius 3 is 2.90 bits per heavy atom. The molecular weight excluding hydrogens is 280 g/mol. The van der Waals surface area contributed by atoms with Crippen LogP contribution in [-0.2, 0) is 24.4 Å². The molecule has 2 nitrogen and oxygen atoms in total. The Balaban J connectivity index is 1.63. The molecule has 3 heteroatoms. The highest BCUT2D eigenvalue weighted by atomic mass is 32.1. The van der Waals surface area contributed by atoms with Crippen LogP contribution in [0.2, 0.25) is 0 Å². The second-order valence-corrected chi connectivity index (χ2v) is 6.24. The Morgan fingerprint density at radius 1 is 1.10 bits per heavy atom. The molecule has 0 spiro atoms.